The molecule has 1 aromatic carbocycles. The third-order valence-electron chi connectivity index (χ3n) is 2.18. The molecule has 4 heteroatoms. The summed E-state index contributed by atoms with van der Waals surface area (Å²) >= 11 is 0. The van der Waals surface area contributed by atoms with Gasteiger partial charge in [-0.15, -0.1) is 0 Å². The number of rotatable bonds is 2. The van der Waals surface area contributed by atoms with Crippen molar-refractivity contribution in [1.29, 1.82) is 5.26 Å². The molecular formula is C11H12FNO2. The van der Waals surface area contributed by atoms with E-state index in [-0.39, 0.29) is 17.1 Å². The zero-order valence-electron chi connectivity index (χ0n) is 8.84. The van der Waals surface area contributed by atoms with Crippen molar-refractivity contribution in [2.45, 2.75) is 19.3 Å². The molecule has 0 aromatic heterocycles. The van der Waals surface area contributed by atoms with Crippen LogP contribution in [0.25, 0.3) is 0 Å². The first-order valence-electron chi connectivity index (χ1n) is 4.40. The fraction of sp³-hybridized carbons (Fsp3) is 0.364. The van der Waals surface area contributed by atoms with Crippen molar-refractivity contribution in [2.24, 2.45) is 0 Å². The highest BCUT2D eigenvalue weighted by molar-refractivity contribution is 5.47. The lowest BCUT2D eigenvalue weighted by atomic mass is 9.85. The first-order valence-corrected chi connectivity index (χ1v) is 4.40. The SMILES string of the molecule is COc1cc(O)c(C(C)(C)C#N)c(F)c1. The standard InChI is InChI=1S/C11H12FNO2/c1-11(2,6-13)10-8(12)4-7(15-3)5-9(10)14/h4-5,14H,1-3H3. The molecule has 0 atom stereocenters. The van der Waals surface area contributed by atoms with Gasteiger partial charge in [-0.3, -0.25) is 0 Å². The normalized spacial score (nSPS) is 10.9. The molecule has 1 N–H and O–H groups in total. The quantitative estimate of drug-likeness (QED) is 0.813. The molecule has 0 aliphatic rings. The Morgan fingerprint density at radius 1 is 1.47 bits per heavy atom. The fourth-order valence-corrected chi connectivity index (χ4v) is 1.36. The molecule has 80 valence electrons. The summed E-state index contributed by atoms with van der Waals surface area (Å²) in [7, 11) is 1.38. The summed E-state index contributed by atoms with van der Waals surface area (Å²) in [6, 6.07) is 4.37. The largest absolute Gasteiger partial charge is 0.507 e. The van der Waals surface area contributed by atoms with Crippen LogP contribution in [-0.2, 0) is 5.41 Å². The third kappa shape index (κ3) is 2.01. The Bertz CT molecular complexity index is 398. The molecule has 15 heavy (non-hydrogen) atoms. The molecule has 0 unspecified atom stereocenters. The van der Waals surface area contributed by atoms with Crippen molar-refractivity contribution >= 4 is 0 Å². The van der Waals surface area contributed by atoms with Crippen molar-refractivity contribution in [3.63, 3.8) is 0 Å². The van der Waals surface area contributed by atoms with Gasteiger partial charge in [-0.25, -0.2) is 4.39 Å². The van der Waals surface area contributed by atoms with Crippen LogP contribution >= 0.6 is 0 Å². The lowest BCUT2D eigenvalue weighted by molar-refractivity contribution is 0.395. The predicted molar refractivity (Wildman–Crippen MR) is 53.3 cm³/mol. The van der Waals surface area contributed by atoms with Gasteiger partial charge in [0.2, 0.25) is 0 Å². The van der Waals surface area contributed by atoms with E-state index in [1.54, 1.807) is 0 Å². The van der Waals surface area contributed by atoms with Gasteiger partial charge in [0, 0.05) is 17.7 Å². The Kier molecular flexibility index (Phi) is 2.85. The number of phenolic OH excluding ortho intramolecular Hbond substituents is 1. The van der Waals surface area contributed by atoms with Crippen LogP contribution in [0.3, 0.4) is 0 Å². The van der Waals surface area contributed by atoms with Crippen LogP contribution in [0.4, 0.5) is 4.39 Å². The van der Waals surface area contributed by atoms with Crippen molar-refractivity contribution < 1.29 is 14.2 Å². The highest BCUT2D eigenvalue weighted by atomic mass is 19.1. The van der Waals surface area contributed by atoms with Gasteiger partial charge in [-0.2, -0.15) is 5.26 Å². The van der Waals surface area contributed by atoms with Crippen LogP contribution < -0.4 is 4.74 Å². The molecule has 0 heterocycles. The van der Waals surface area contributed by atoms with Gasteiger partial charge in [0.25, 0.3) is 0 Å². The Balaban J connectivity index is 3.40. The molecule has 3 nitrogen and oxygen atoms in total. The summed E-state index contributed by atoms with van der Waals surface area (Å²) in [6.45, 7) is 3.08. The minimum absolute atomic E-state index is 0.00852. The van der Waals surface area contributed by atoms with Crippen LogP contribution in [0, 0.1) is 17.1 Å². The first kappa shape index (κ1) is 11.3. The van der Waals surface area contributed by atoms with Crippen molar-refractivity contribution in [2.75, 3.05) is 7.11 Å². The van der Waals surface area contributed by atoms with E-state index in [9.17, 15) is 9.50 Å². The van der Waals surface area contributed by atoms with E-state index in [4.69, 9.17) is 10.00 Å². The Morgan fingerprint density at radius 3 is 2.47 bits per heavy atom. The summed E-state index contributed by atoms with van der Waals surface area (Å²) in [6.07, 6.45) is 0. The predicted octanol–water partition coefficient (Wildman–Crippen LogP) is 2.34. The van der Waals surface area contributed by atoms with Gasteiger partial charge in [0.1, 0.15) is 17.3 Å². The number of ether oxygens (including phenoxy) is 1. The van der Waals surface area contributed by atoms with Crippen molar-refractivity contribution in [3.05, 3.63) is 23.5 Å². The smallest absolute Gasteiger partial charge is 0.135 e. The molecule has 1 aromatic rings. The van der Waals surface area contributed by atoms with E-state index in [2.05, 4.69) is 0 Å². The maximum atomic E-state index is 13.6. The minimum Gasteiger partial charge on any atom is -0.507 e. The molecular weight excluding hydrogens is 197 g/mol. The summed E-state index contributed by atoms with van der Waals surface area (Å²) in [5.41, 5.74) is -1.08. The lowest BCUT2D eigenvalue weighted by Gasteiger charge is -2.18. The van der Waals surface area contributed by atoms with Crippen LogP contribution in [0.15, 0.2) is 12.1 Å². The lowest BCUT2D eigenvalue weighted by Crippen LogP contribution is -2.16. The maximum absolute atomic E-state index is 13.6. The second-order valence-electron chi connectivity index (χ2n) is 3.74. The summed E-state index contributed by atoms with van der Waals surface area (Å²) in [5.74, 6) is -0.681. The van der Waals surface area contributed by atoms with Gasteiger partial charge in [-0.05, 0) is 13.8 Å². The number of hydrogen-bond donors (Lipinski definition) is 1. The second kappa shape index (κ2) is 3.77. The molecule has 0 aliphatic heterocycles. The van der Waals surface area contributed by atoms with Gasteiger partial charge in [0.05, 0.1) is 18.6 Å². The minimum atomic E-state index is -1.07. The maximum Gasteiger partial charge on any atom is 0.135 e. The van der Waals surface area contributed by atoms with Crippen LogP contribution in [0.2, 0.25) is 0 Å². The van der Waals surface area contributed by atoms with E-state index < -0.39 is 11.2 Å². The fourth-order valence-electron chi connectivity index (χ4n) is 1.36. The Labute approximate surface area is 87.7 Å². The summed E-state index contributed by atoms with van der Waals surface area (Å²) in [5, 5.41) is 18.5. The number of aromatic hydroxyl groups is 1. The average molecular weight is 209 g/mol. The second-order valence-corrected chi connectivity index (χ2v) is 3.74. The average Bonchev–Trinajstić information content (AvgIpc) is 2.16. The zero-order chi connectivity index (χ0) is 11.6. The molecule has 0 bridgehead atoms. The number of benzene rings is 1. The topological polar surface area (TPSA) is 53.2 Å². The Hall–Kier alpha value is -1.76. The van der Waals surface area contributed by atoms with Crippen LogP contribution in [-0.4, -0.2) is 12.2 Å². The molecule has 0 saturated carbocycles. The van der Waals surface area contributed by atoms with Crippen LogP contribution in [0.5, 0.6) is 11.5 Å². The van der Waals surface area contributed by atoms with E-state index in [0.29, 0.717) is 0 Å². The monoisotopic (exact) mass is 209 g/mol. The number of nitrogens with zero attached hydrogens (tertiary/aromatic N) is 1. The highest BCUT2D eigenvalue weighted by Gasteiger charge is 2.28. The third-order valence-corrected chi connectivity index (χ3v) is 2.18. The number of phenols is 1. The molecule has 0 fully saturated rings. The molecule has 1 rings (SSSR count). The summed E-state index contributed by atoms with van der Waals surface area (Å²) in [4.78, 5) is 0. The van der Waals surface area contributed by atoms with Crippen molar-refractivity contribution in [3.8, 4) is 17.6 Å². The molecule has 0 aliphatic carbocycles. The molecule has 0 spiro atoms. The van der Waals surface area contributed by atoms with Crippen molar-refractivity contribution in [1.82, 2.24) is 0 Å². The van der Waals surface area contributed by atoms with Gasteiger partial charge in [-0.1, -0.05) is 0 Å². The summed E-state index contributed by atoms with van der Waals surface area (Å²) < 4.78 is 18.4. The first-order chi connectivity index (χ1) is 6.92. The number of hydrogen-bond acceptors (Lipinski definition) is 3. The van der Waals surface area contributed by atoms with Gasteiger partial charge < -0.3 is 9.84 Å². The molecule has 0 radical (unpaired) electrons. The zero-order valence-corrected chi connectivity index (χ0v) is 8.84. The highest BCUT2D eigenvalue weighted by Crippen LogP contribution is 2.35. The van der Waals surface area contributed by atoms with E-state index in [0.717, 1.165) is 6.07 Å². The van der Waals surface area contributed by atoms with E-state index >= 15 is 0 Å². The molecule has 0 amide bonds. The number of halogens is 1. The van der Waals surface area contributed by atoms with Gasteiger partial charge in [0.15, 0.2) is 0 Å². The number of methoxy groups -OCH3 is 1. The number of nitriles is 1. The van der Waals surface area contributed by atoms with Gasteiger partial charge >= 0.3 is 0 Å². The van der Waals surface area contributed by atoms with E-state index in [1.807, 2.05) is 6.07 Å². The van der Waals surface area contributed by atoms with Crippen LogP contribution in [0.1, 0.15) is 19.4 Å². The molecule has 0 saturated heterocycles. The Morgan fingerprint density at radius 2 is 2.07 bits per heavy atom. The van der Waals surface area contributed by atoms with E-state index in [1.165, 1.54) is 27.0 Å².